The minimum absolute atomic E-state index is 0.700. The summed E-state index contributed by atoms with van der Waals surface area (Å²) < 4.78 is 4.81. The molecule has 0 amide bonds. The summed E-state index contributed by atoms with van der Waals surface area (Å²) in [5, 5.41) is 11.9. The van der Waals surface area contributed by atoms with E-state index in [0.717, 1.165) is 16.9 Å². The van der Waals surface area contributed by atoms with Gasteiger partial charge in [0.2, 0.25) is 0 Å². The second kappa shape index (κ2) is 10.8. The fraction of sp³-hybridized carbons (Fsp3) is 0.0238. The fourth-order valence-electron chi connectivity index (χ4n) is 6.89. The van der Waals surface area contributed by atoms with Crippen LogP contribution < -0.4 is 5.43 Å². The third-order valence-corrected chi connectivity index (χ3v) is 9.02. The first kappa shape index (κ1) is 26.3. The van der Waals surface area contributed by atoms with Gasteiger partial charge in [0.05, 0.1) is 34.8 Å². The molecule has 7 aromatic carbocycles. The van der Waals surface area contributed by atoms with E-state index in [9.17, 15) is 0 Å². The first-order chi connectivity index (χ1) is 22.8. The smallest absolute Gasteiger partial charge is 0.0580 e. The van der Waals surface area contributed by atoms with Gasteiger partial charge in [-0.15, -0.1) is 0 Å². The van der Waals surface area contributed by atoms with Gasteiger partial charge in [-0.1, -0.05) is 103 Å². The predicted molar refractivity (Wildman–Crippen MR) is 194 cm³/mol. The van der Waals surface area contributed by atoms with Gasteiger partial charge in [-0.25, -0.2) is 0 Å². The van der Waals surface area contributed by atoms with Crippen LogP contribution in [0.15, 0.2) is 163 Å². The summed E-state index contributed by atoms with van der Waals surface area (Å²) in [6.07, 6.45) is 1.89. The number of nitrogens with zero attached hydrogens (tertiary/aromatic N) is 3. The molecule has 0 saturated carbocycles. The van der Waals surface area contributed by atoms with Crippen LogP contribution in [-0.2, 0) is 6.54 Å². The number of hydrazone groups is 1. The van der Waals surface area contributed by atoms with Crippen LogP contribution in [0.3, 0.4) is 0 Å². The molecule has 4 nitrogen and oxygen atoms in total. The SMILES string of the molecule is C(=N\NCc1ccccc1)/c1ccc2cc(-n3c4ccccc4c4cc5c6ccccc6n(-c6ccccc6)c5cc43)ccc2c1. The summed E-state index contributed by atoms with van der Waals surface area (Å²) in [4.78, 5) is 0. The average molecular weight is 591 g/mol. The molecule has 0 fully saturated rings. The van der Waals surface area contributed by atoms with Crippen LogP contribution in [0.25, 0.3) is 65.8 Å². The van der Waals surface area contributed by atoms with Crippen LogP contribution in [0.2, 0.25) is 0 Å². The highest BCUT2D eigenvalue weighted by molar-refractivity contribution is 6.19. The molecule has 0 atom stereocenters. The molecule has 0 aliphatic heterocycles. The van der Waals surface area contributed by atoms with E-state index < -0.39 is 0 Å². The maximum absolute atomic E-state index is 4.46. The van der Waals surface area contributed by atoms with Gasteiger partial charge in [-0.2, -0.15) is 5.10 Å². The van der Waals surface area contributed by atoms with Crippen molar-refractivity contribution in [2.75, 3.05) is 0 Å². The molecule has 0 bridgehead atoms. The number of fused-ring (bicyclic) bond motifs is 7. The Morgan fingerprint density at radius 3 is 1.76 bits per heavy atom. The zero-order chi connectivity index (χ0) is 30.5. The molecule has 2 heterocycles. The molecular weight excluding hydrogens is 560 g/mol. The lowest BCUT2D eigenvalue weighted by Gasteiger charge is -2.11. The third-order valence-electron chi connectivity index (χ3n) is 9.02. The lowest BCUT2D eigenvalue weighted by atomic mass is 10.1. The first-order valence-electron chi connectivity index (χ1n) is 15.7. The third kappa shape index (κ3) is 4.34. The Morgan fingerprint density at radius 1 is 0.457 bits per heavy atom. The van der Waals surface area contributed by atoms with Crippen molar-refractivity contribution in [3.8, 4) is 11.4 Å². The van der Waals surface area contributed by atoms with Crippen molar-refractivity contribution in [1.82, 2.24) is 14.6 Å². The predicted octanol–water partition coefficient (Wildman–Crippen LogP) is 10.2. The largest absolute Gasteiger partial charge is 0.309 e. The van der Waals surface area contributed by atoms with Crippen molar-refractivity contribution in [3.05, 3.63) is 169 Å². The summed E-state index contributed by atoms with van der Waals surface area (Å²) in [6, 6.07) is 56.5. The molecule has 9 rings (SSSR count). The maximum Gasteiger partial charge on any atom is 0.0580 e. The van der Waals surface area contributed by atoms with Gasteiger partial charge in [0.15, 0.2) is 0 Å². The summed E-state index contributed by atoms with van der Waals surface area (Å²) in [5.74, 6) is 0. The van der Waals surface area contributed by atoms with Crippen molar-refractivity contribution in [2.24, 2.45) is 5.10 Å². The molecule has 218 valence electrons. The number of hydrogen-bond donors (Lipinski definition) is 1. The molecule has 0 spiro atoms. The van der Waals surface area contributed by atoms with E-state index in [1.165, 1.54) is 59.9 Å². The van der Waals surface area contributed by atoms with Crippen LogP contribution >= 0.6 is 0 Å². The molecule has 0 aliphatic carbocycles. The lowest BCUT2D eigenvalue weighted by Crippen LogP contribution is -2.05. The van der Waals surface area contributed by atoms with Gasteiger partial charge in [-0.05, 0) is 76.5 Å². The highest BCUT2D eigenvalue weighted by Crippen LogP contribution is 2.39. The van der Waals surface area contributed by atoms with E-state index in [1.54, 1.807) is 0 Å². The monoisotopic (exact) mass is 590 g/mol. The highest BCUT2D eigenvalue weighted by Gasteiger charge is 2.18. The Hall–Kier alpha value is -6.13. The summed E-state index contributed by atoms with van der Waals surface area (Å²) in [5.41, 5.74) is 12.6. The summed E-state index contributed by atoms with van der Waals surface area (Å²) >= 11 is 0. The van der Waals surface area contributed by atoms with Crippen molar-refractivity contribution in [3.63, 3.8) is 0 Å². The molecule has 0 saturated heterocycles. The van der Waals surface area contributed by atoms with E-state index in [1.807, 2.05) is 24.4 Å². The second-order valence-electron chi connectivity index (χ2n) is 11.8. The number of para-hydroxylation sites is 3. The van der Waals surface area contributed by atoms with E-state index >= 15 is 0 Å². The van der Waals surface area contributed by atoms with E-state index in [0.29, 0.717) is 6.54 Å². The van der Waals surface area contributed by atoms with Gasteiger partial charge in [-0.3, -0.25) is 0 Å². The van der Waals surface area contributed by atoms with Crippen LogP contribution in [0.4, 0.5) is 0 Å². The fourth-order valence-corrected chi connectivity index (χ4v) is 6.89. The molecular formula is C42H30N4. The van der Waals surface area contributed by atoms with Gasteiger partial charge in [0, 0.05) is 32.9 Å². The maximum atomic E-state index is 4.46. The highest BCUT2D eigenvalue weighted by atomic mass is 15.3. The van der Waals surface area contributed by atoms with Gasteiger partial charge < -0.3 is 14.6 Å². The zero-order valence-corrected chi connectivity index (χ0v) is 25.1. The van der Waals surface area contributed by atoms with Crippen molar-refractivity contribution in [1.29, 1.82) is 0 Å². The Labute approximate surface area is 266 Å². The standard InChI is InChI=1S/C42H30N4/c1-3-11-29(12-4-1)27-43-44-28-30-19-20-32-24-34(22-21-31(32)23-30)46-40-18-10-8-16-36(40)38-25-37-35-15-7-9-17-39(35)45(41(37)26-42(38)46)33-13-5-2-6-14-33/h1-26,28,43H,27H2/b44-28+. The Balaban J connectivity index is 1.17. The molecule has 1 N–H and O–H groups in total. The topological polar surface area (TPSA) is 34.2 Å². The van der Waals surface area contributed by atoms with Gasteiger partial charge >= 0.3 is 0 Å². The van der Waals surface area contributed by atoms with Crippen molar-refractivity contribution in [2.45, 2.75) is 6.54 Å². The van der Waals surface area contributed by atoms with E-state index in [-0.39, 0.29) is 0 Å². The number of benzene rings is 7. The molecule has 0 unspecified atom stereocenters. The Kier molecular flexibility index (Phi) is 6.17. The quantitative estimate of drug-likeness (QED) is 0.152. The average Bonchev–Trinajstić information content (AvgIpc) is 3.62. The lowest BCUT2D eigenvalue weighted by molar-refractivity contribution is 0.748. The Morgan fingerprint density at radius 2 is 1.04 bits per heavy atom. The minimum Gasteiger partial charge on any atom is -0.309 e. The molecule has 0 radical (unpaired) electrons. The van der Waals surface area contributed by atoms with Crippen molar-refractivity contribution >= 4 is 60.6 Å². The van der Waals surface area contributed by atoms with Gasteiger partial charge in [0.1, 0.15) is 0 Å². The van der Waals surface area contributed by atoms with Crippen LogP contribution in [0, 0.1) is 0 Å². The van der Waals surface area contributed by atoms with E-state index in [4.69, 9.17) is 0 Å². The minimum atomic E-state index is 0.700. The molecule has 2 aromatic heterocycles. The summed E-state index contributed by atoms with van der Waals surface area (Å²) in [6.45, 7) is 0.700. The molecule has 0 aliphatic rings. The normalized spacial score (nSPS) is 11.9. The number of aromatic nitrogens is 2. The second-order valence-corrected chi connectivity index (χ2v) is 11.8. The first-order valence-corrected chi connectivity index (χ1v) is 15.7. The van der Waals surface area contributed by atoms with Crippen LogP contribution in [0.5, 0.6) is 0 Å². The molecule has 9 aromatic rings. The summed E-state index contributed by atoms with van der Waals surface area (Å²) in [7, 11) is 0. The molecule has 4 heteroatoms. The Bertz CT molecular complexity index is 2570. The van der Waals surface area contributed by atoms with Gasteiger partial charge in [0.25, 0.3) is 0 Å². The molecule has 46 heavy (non-hydrogen) atoms. The van der Waals surface area contributed by atoms with E-state index in [2.05, 4.69) is 159 Å². The van der Waals surface area contributed by atoms with Crippen LogP contribution in [0.1, 0.15) is 11.1 Å². The van der Waals surface area contributed by atoms with Crippen LogP contribution in [-0.4, -0.2) is 15.3 Å². The zero-order valence-electron chi connectivity index (χ0n) is 25.1. The number of nitrogens with one attached hydrogen (secondary N) is 1. The number of rotatable bonds is 6. The van der Waals surface area contributed by atoms with Crippen molar-refractivity contribution < 1.29 is 0 Å². The number of hydrogen-bond acceptors (Lipinski definition) is 2.